The Morgan fingerprint density at radius 3 is 2.52 bits per heavy atom. The van der Waals surface area contributed by atoms with Crippen molar-refractivity contribution in [3.63, 3.8) is 0 Å². The monoisotopic (exact) mass is 359 g/mol. The summed E-state index contributed by atoms with van der Waals surface area (Å²) in [4.78, 5) is 9.21. The minimum Gasteiger partial charge on any atom is -0.489 e. The van der Waals surface area contributed by atoms with Gasteiger partial charge in [-0.15, -0.1) is 9.42 Å². The Bertz CT molecular complexity index is 725. The lowest BCUT2D eigenvalue weighted by Crippen LogP contribution is -2.32. The Balaban J connectivity index is 1.77. The van der Waals surface area contributed by atoms with E-state index >= 15 is 0 Å². The second kappa shape index (κ2) is 7.65. The van der Waals surface area contributed by atoms with Crippen molar-refractivity contribution in [2.75, 3.05) is 0 Å². The lowest BCUT2D eigenvalue weighted by Gasteiger charge is -2.29. The average molecular weight is 359 g/mol. The highest BCUT2D eigenvalue weighted by Gasteiger charge is 2.47. The van der Waals surface area contributed by atoms with E-state index in [4.69, 9.17) is 9.26 Å². The minimum absolute atomic E-state index is 0.0684. The lowest BCUT2D eigenvalue weighted by molar-refractivity contribution is 0.0650. The molecule has 0 aromatic heterocycles. The summed E-state index contributed by atoms with van der Waals surface area (Å²) >= 11 is 0. The van der Waals surface area contributed by atoms with Crippen LogP contribution in [0, 0.1) is 5.92 Å². The lowest BCUT2D eigenvalue weighted by atomic mass is 9.81. The van der Waals surface area contributed by atoms with Crippen LogP contribution in [0.15, 0.2) is 54.6 Å². The molecule has 1 aliphatic rings. The van der Waals surface area contributed by atoms with E-state index in [1.807, 2.05) is 68.4 Å². The van der Waals surface area contributed by atoms with E-state index < -0.39 is 13.9 Å². The maximum atomic E-state index is 11.2. The first kappa shape index (κ1) is 18.1. The summed E-state index contributed by atoms with van der Waals surface area (Å²) < 4.78 is 22.5. The molecule has 1 aliphatic carbocycles. The van der Waals surface area contributed by atoms with Crippen molar-refractivity contribution in [1.82, 2.24) is 0 Å². The Kier molecular flexibility index (Phi) is 5.53. The molecule has 0 saturated heterocycles. The standard InChI is InChI=1S/C20H23O4P/c1-20(2,24-25(21)22)19(16-11-12-16)17-9-6-10-18(13-17)23-14-15-7-4-3-5-8-15/h3-10,13,16,19H,11-12,14H2,1-2H3/p+1. The van der Waals surface area contributed by atoms with Crippen LogP contribution in [0.3, 0.4) is 0 Å². The van der Waals surface area contributed by atoms with E-state index in [1.165, 1.54) is 0 Å². The molecule has 3 rings (SSSR count). The third-order valence-electron chi connectivity index (χ3n) is 4.62. The van der Waals surface area contributed by atoms with Crippen LogP contribution in [0.2, 0.25) is 0 Å². The van der Waals surface area contributed by atoms with Crippen molar-refractivity contribution in [3.05, 3.63) is 65.7 Å². The van der Waals surface area contributed by atoms with E-state index in [-0.39, 0.29) is 5.92 Å². The molecule has 2 unspecified atom stereocenters. The van der Waals surface area contributed by atoms with Gasteiger partial charge in [0, 0.05) is 10.5 Å². The van der Waals surface area contributed by atoms with Crippen LogP contribution in [0.5, 0.6) is 5.75 Å². The first-order valence-corrected chi connectivity index (χ1v) is 9.71. The molecular weight excluding hydrogens is 335 g/mol. The summed E-state index contributed by atoms with van der Waals surface area (Å²) in [5.74, 6) is 1.35. The van der Waals surface area contributed by atoms with Gasteiger partial charge in [-0.25, -0.2) is 0 Å². The zero-order valence-electron chi connectivity index (χ0n) is 14.6. The van der Waals surface area contributed by atoms with Crippen LogP contribution in [-0.2, 0) is 15.7 Å². The van der Waals surface area contributed by atoms with Gasteiger partial charge in [0.1, 0.15) is 18.0 Å². The van der Waals surface area contributed by atoms with Gasteiger partial charge in [-0.1, -0.05) is 42.5 Å². The number of hydrogen-bond acceptors (Lipinski definition) is 3. The first-order valence-electron chi connectivity index (χ1n) is 8.57. The van der Waals surface area contributed by atoms with Gasteiger partial charge in [0.2, 0.25) is 0 Å². The Labute approximate surface area is 149 Å². The third-order valence-corrected chi connectivity index (χ3v) is 5.25. The molecule has 1 N–H and O–H groups in total. The third kappa shape index (κ3) is 4.88. The fourth-order valence-corrected chi connectivity index (χ4v) is 3.98. The van der Waals surface area contributed by atoms with E-state index in [9.17, 15) is 9.46 Å². The fourth-order valence-electron chi connectivity index (χ4n) is 3.47. The summed E-state index contributed by atoms with van der Waals surface area (Å²) in [5, 5.41) is 0. The van der Waals surface area contributed by atoms with Gasteiger partial charge < -0.3 is 4.74 Å². The normalized spacial score (nSPS) is 16.4. The molecule has 0 radical (unpaired) electrons. The topological polar surface area (TPSA) is 55.8 Å². The molecule has 1 fully saturated rings. The van der Waals surface area contributed by atoms with Crippen LogP contribution < -0.4 is 4.74 Å². The van der Waals surface area contributed by atoms with Crippen LogP contribution in [0.25, 0.3) is 0 Å². The van der Waals surface area contributed by atoms with Gasteiger partial charge >= 0.3 is 8.25 Å². The SMILES string of the molecule is CC(C)(O[P+](=O)O)C(c1cccc(OCc2ccccc2)c1)C1CC1. The maximum Gasteiger partial charge on any atom is 0.695 e. The molecule has 0 aliphatic heterocycles. The molecule has 0 amide bonds. The van der Waals surface area contributed by atoms with E-state index in [1.54, 1.807) is 0 Å². The van der Waals surface area contributed by atoms with Crippen molar-refractivity contribution in [1.29, 1.82) is 0 Å². The predicted molar refractivity (Wildman–Crippen MR) is 97.7 cm³/mol. The summed E-state index contributed by atoms with van der Waals surface area (Å²) in [6, 6.07) is 18.0. The van der Waals surface area contributed by atoms with Gasteiger partial charge in [0.25, 0.3) is 0 Å². The summed E-state index contributed by atoms with van der Waals surface area (Å²) in [6.45, 7) is 4.29. The molecule has 2 aromatic rings. The highest BCUT2D eigenvalue weighted by Crippen LogP contribution is 2.51. The summed E-state index contributed by atoms with van der Waals surface area (Å²) in [6.07, 6.45) is 2.24. The Hall–Kier alpha value is -1.74. The van der Waals surface area contributed by atoms with Crippen molar-refractivity contribution >= 4 is 8.25 Å². The Morgan fingerprint density at radius 2 is 1.88 bits per heavy atom. The Morgan fingerprint density at radius 1 is 1.16 bits per heavy atom. The molecule has 0 heterocycles. The van der Waals surface area contributed by atoms with Gasteiger partial charge in [0.05, 0.1) is 0 Å². The summed E-state index contributed by atoms with van der Waals surface area (Å²) in [5.41, 5.74) is 1.50. The van der Waals surface area contributed by atoms with Crippen molar-refractivity contribution in [2.45, 2.75) is 44.8 Å². The molecule has 2 atom stereocenters. The molecule has 2 aromatic carbocycles. The molecule has 1 saturated carbocycles. The van der Waals surface area contributed by atoms with Crippen molar-refractivity contribution in [2.24, 2.45) is 5.92 Å². The zero-order chi connectivity index (χ0) is 17.9. The predicted octanol–water partition coefficient (Wildman–Crippen LogP) is 5.20. The first-order chi connectivity index (χ1) is 12.0. The van der Waals surface area contributed by atoms with Gasteiger partial charge in [-0.05, 0) is 55.9 Å². The number of benzene rings is 2. The fraction of sp³-hybridized carbons (Fsp3) is 0.400. The van der Waals surface area contributed by atoms with E-state index in [0.29, 0.717) is 12.5 Å². The number of hydrogen-bond donors (Lipinski definition) is 1. The van der Waals surface area contributed by atoms with Crippen LogP contribution in [-0.4, -0.2) is 10.5 Å². The molecule has 0 spiro atoms. The molecule has 4 nitrogen and oxygen atoms in total. The molecular formula is C20H24O4P+. The smallest absolute Gasteiger partial charge is 0.489 e. The van der Waals surface area contributed by atoms with Crippen molar-refractivity contribution in [3.8, 4) is 5.75 Å². The van der Waals surface area contributed by atoms with Crippen LogP contribution in [0.4, 0.5) is 0 Å². The number of ether oxygens (including phenoxy) is 1. The van der Waals surface area contributed by atoms with E-state index in [0.717, 1.165) is 29.7 Å². The highest BCUT2D eigenvalue weighted by atomic mass is 31.1. The molecule has 25 heavy (non-hydrogen) atoms. The quantitative estimate of drug-likeness (QED) is 0.658. The largest absolute Gasteiger partial charge is 0.695 e. The van der Waals surface area contributed by atoms with Gasteiger partial charge in [0.15, 0.2) is 0 Å². The number of rotatable bonds is 8. The van der Waals surface area contributed by atoms with Gasteiger partial charge in [-0.2, -0.15) is 0 Å². The van der Waals surface area contributed by atoms with Crippen LogP contribution >= 0.6 is 8.25 Å². The maximum absolute atomic E-state index is 11.2. The zero-order valence-corrected chi connectivity index (χ0v) is 15.5. The molecule has 132 valence electrons. The molecule has 5 heteroatoms. The second-order valence-corrected chi connectivity index (χ2v) is 7.75. The highest BCUT2D eigenvalue weighted by molar-refractivity contribution is 7.32. The van der Waals surface area contributed by atoms with Crippen LogP contribution in [0.1, 0.15) is 43.7 Å². The summed E-state index contributed by atoms with van der Waals surface area (Å²) in [7, 11) is -2.63. The van der Waals surface area contributed by atoms with E-state index in [2.05, 4.69) is 0 Å². The minimum atomic E-state index is -2.63. The second-order valence-electron chi connectivity index (χ2n) is 7.09. The van der Waals surface area contributed by atoms with Crippen molar-refractivity contribution < 1.29 is 18.7 Å². The average Bonchev–Trinajstić information content (AvgIpc) is 3.38. The van der Waals surface area contributed by atoms with Gasteiger partial charge in [-0.3, -0.25) is 0 Å². The molecule has 0 bridgehead atoms.